The van der Waals surface area contributed by atoms with E-state index in [0.717, 1.165) is 19.3 Å². The number of hydrogen-bond acceptors (Lipinski definition) is 3. The summed E-state index contributed by atoms with van der Waals surface area (Å²) in [4.78, 5) is 24.2. The highest BCUT2D eigenvalue weighted by Crippen LogP contribution is 2.29. The third-order valence-electron chi connectivity index (χ3n) is 3.64. The maximum Gasteiger partial charge on any atom is 0.306 e. The summed E-state index contributed by atoms with van der Waals surface area (Å²) in [5, 5.41) is 14.0. The van der Waals surface area contributed by atoms with Gasteiger partial charge in [-0.15, -0.1) is 11.3 Å². The van der Waals surface area contributed by atoms with Crippen LogP contribution >= 0.6 is 11.3 Å². The molecule has 0 saturated heterocycles. The minimum absolute atomic E-state index is 0.0162. The van der Waals surface area contributed by atoms with Crippen molar-refractivity contribution in [2.75, 3.05) is 6.54 Å². The maximum absolute atomic E-state index is 12.0. The van der Waals surface area contributed by atoms with Gasteiger partial charge in [-0.25, -0.2) is 0 Å². The van der Waals surface area contributed by atoms with E-state index in [9.17, 15) is 9.59 Å². The Morgan fingerprint density at radius 3 is 2.84 bits per heavy atom. The largest absolute Gasteiger partial charge is 0.481 e. The molecule has 19 heavy (non-hydrogen) atoms. The van der Waals surface area contributed by atoms with E-state index in [1.807, 2.05) is 11.4 Å². The summed E-state index contributed by atoms with van der Waals surface area (Å²) in [6.07, 6.45) is 3.68. The van der Waals surface area contributed by atoms with Crippen molar-refractivity contribution in [3.05, 3.63) is 22.4 Å². The lowest BCUT2D eigenvalue weighted by molar-refractivity contribution is -0.144. The predicted molar refractivity (Wildman–Crippen MR) is 74.1 cm³/mol. The Hall–Kier alpha value is -1.36. The maximum atomic E-state index is 12.0. The highest BCUT2D eigenvalue weighted by molar-refractivity contribution is 7.09. The zero-order valence-corrected chi connectivity index (χ0v) is 11.6. The Labute approximate surface area is 116 Å². The van der Waals surface area contributed by atoms with Crippen LogP contribution < -0.4 is 5.32 Å². The van der Waals surface area contributed by atoms with E-state index in [-0.39, 0.29) is 17.7 Å². The van der Waals surface area contributed by atoms with Gasteiger partial charge in [0.2, 0.25) is 5.91 Å². The Balaban J connectivity index is 1.74. The molecule has 1 heterocycles. The Morgan fingerprint density at radius 1 is 1.37 bits per heavy atom. The topological polar surface area (TPSA) is 66.4 Å². The molecule has 1 aliphatic carbocycles. The fourth-order valence-electron chi connectivity index (χ4n) is 2.56. The van der Waals surface area contributed by atoms with Gasteiger partial charge in [-0.2, -0.15) is 0 Å². The van der Waals surface area contributed by atoms with Crippen LogP contribution in [0.25, 0.3) is 0 Å². The van der Waals surface area contributed by atoms with E-state index in [1.165, 1.54) is 4.88 Å². The minimum Gasteiger partial charge on any atom is -0.481 e. The van der Waals surface area contributed by atoms with E-state index < -0.39 is 5.97 Å². The van der Waals surface area contributed by atoms with Crippen LogP contribution in [-0.2, 0) is 16.0 Å². The molecule has 1 aromatic heterocycles. The van der Waals surface area contributed by atoms with E-state index in [1.54, 1.807) is 11.3 Å². The molecule has 2 atom stereocenters. The van der Waals surface area contributed by atoms with Gasteiger partial charge in [-0.3, -0.25) is 9.59 Å². The molecular weight excluding hydrogens is 262 g/mol. The predicted octanol–water partition coefficient (Wildman–Crippen LogP) is 2.30. The fourth-order valence-corrected chi connectivity index (χ4v) is 3.27. The summed E-state index contributed by atoms with van der Waals surface area (Å²) >= 11 is 1.69. The zero-order chi connectivity index (χ0) is 13.7. The highest BCUT2D eigenvalue weighted by atomic mass is 32.1. The first kappa shape index (κ1) is 14.1. The van der Waals surface area contributed by atoms with Crippen LogP contribution in [0.3, 0.4) is 0 Å². The number of carbonyl (C=O) groups excluding carboxylic acids is 1. The third kappa shape index (κ3) is 4.06. The number of carbonyl (C=O) groups is 2. The van der Waals surface area contributed by atoms with E-state index >= 15 is 0 Å². The van der Waals surface area contributed by atoms with Crippen LogP contribution in [0.5, 0.6) is 0 Å². The number of aliphatic carboxylic acids is 1. The van der Waals surface area contributed by atoms with Gasteiger partial charge in [-0.05, 0) is 37.1 Å². The van der Waals surface area contributed by atoms with E-state index in [4.69, 9.17) is 5.11 Å². The van der Waals surface area contributed by atoms with Gasteiger partial charge >= 0.3 is 5.97 Å². The number of hydrogen-bond donors (Lipinski definition) is 2. The van der Waals surface area contributed by atoms with Crippen molar-refractivity contribution in [3.63, 3.8) is 0 Å². The van der Waals surface area contributed by atoms with E-state index in [2.05, 4.69) is 11.4 Å². The van der Waals surface area contributed by atoms with Crippen LogP contribution in [-0.4, -0.2) is 23.5 Å². The summed E-state index contributed by atoms with van der Waals surface area (Å²) in [5.74, 6) is -1.22. The van der Waals surface area contributed by atoms with Crippen LogP contribution in [0, 0.1) is 11.8 Å². The van der Waals surface area contributed by atoms with Crippen molar-refractivity contribution >= 4 is 23.2 Å². The Bertz CT molecular complexity index is 430. The number of amides is 1. The molecular formula is C14H19NO3S. The fraction of sp³-hybridized carbons (Fsp3) is 0.571. The van der Waals surface area contributed by atoms with Crippen molar-refractivity contribution in [2.24, 2.45) is 11.8 Å². The standard InChI is InChI=1S/C14H19NO3S/c16-13(15-7-6-12-5-2-8-19-12)10-3-1-4-11(9-10)14(17)18/h2,5,8,10-11H,1,3-4,6-7,9H2,(H,15,16)(H,17,18). The lowest BCUT2D eigenvalue weighted by Gasteiger charge is -2.25. The normalized spacial score (nSPS) is 22.9. The highest BCUT2D eigenvalue weighted by Gasteiger charge is 2.30. The summed E-state index contributed by atoms with van der Waals surface area (Å²) < 4.78 is 0. The van der Waals surface area contributed by atoms with Gasteiger partial charge in [0.15, 0.2) is 0 Å². The molecule has 0 aromatic carbocycles. The summed E-state index contributed by atoms with van der Waals surface area (Å²) in [7, 11) is 0. The molecule has 0 aliphatic heterocycles. The van der Waals surface area contributed by atoms with Crippen LogP contribution in [0.1, 0.15) is 30.6 Å². The van der Waals surface area contributed by atoms with Crippen molar-refractivity contribution in [1.29, 1.82) is 0 Å². The number of carboxylic acids is 1. The van der Waals surface area contributed by atoms with Crippen LogP contribution in [0.4, 0.5) is 0 Å². The number of carboxylic acid groups (broad SMARTS) is 1. The molecule has 1 fully saturated rings. The van der Waals surface area contributed by atoms with Gasteiger partial charge in [0.1, 0.15) is 0 Å². The van der Waals surface area contributed by atoms with Crippen LogP contribution in [0.15, 0.2) is 17.5 Å². The first-order valence-corrected chi connectivity index (χ1v) is 7.57. The molecule has 1 aromatic rings. The van der Waals surface area contributed by atoms with Gasteiger partial charge in [0.25, 0.3) is 0 Å². The van der Waals surface area contributed by atoms with Crippen molar-refractivity contribution in [3.8, 4) is 0 Å². The molecule has 4 nitrogen and oxygen atoms in total. The third-order valence-corrected chi connectivity index (χ3v) is 4.58. The van der Waals surface area contributed by atoms with Gasteiger partial charge in [0, 0.05) is 17.3 Å². The lowest BCUT2D eigenvalue weighted by atomic mass is 9.81. The molecule has 1 saturated carbocycles. The van der Waals surface area contributed by atoms with Crippen molar-refractivity contribution in [1.82, 2.24) is 5.32 Å². The zero-order valence-electron chi connectivity index (χ0n) is 10.8. The van der Waals surface area contributed by atoms with Crippen molar-refractivity contribution in [2.45, 2.75) is 32.1 Å². The SMILES string of the molecule is O=C(O)C1CCCC(C(=O)NCCc2cccs2)C1. The van der Waals surface area contributed by atoms with Gasteiger partial charge < -0.3 is 10.4 Å². The summed E-state index contributed by atoms with van der Waals surface area (Å²) in [6.45, 7) is 0.633. The molecule has 1 aliphatic rings. The van der Waals surface area contributed by atoms with E-state index in [0.29, 0.717) is 19.4 Å². The molecule has 2 unspecified atom stereocenters. The smallest absolute Gasteiger partial charge is 0.306 e. The Kier molecular flexibility index (Phi) is 4.96. The van der Waals surface area contributed by atoms with Crippen molar-refractivity contribution < 1.29 is 14.7 Å². The Morgan fingerprint density at radius 2 is 2.16 bits per heavy atom. The minimum atomic E-state index is -0.768. The molecule has 0 bridgehead atoms. The first-order valence-electron chi connectivity index (χ1n) is 6.69. The number of nitrogens with one attached hydrogen (secondary N) is 1. The molecule has 104 valence electrons. The molecule has 0 spiro atoms. The number of rotatable bonds is 5. The molecule has 2 N–H and O–H groups in total. The summed E-state index contributed by atoms with van der Waals surface area (Å²) in [6, 6.07) is 4.05. The van der Waals surface area contributed by atoms with Gasteiger partial charge in [0.05, 0.1) is 5.92 Å². The quantitative estimate of drug-likeness (QED) is 0.870. The average molecular weight is 281 g/mol. The molecule has 2 rings (SSSR count). The van der Waals surface area contributed by atoms with Crippen LogP contribution in [0.2, 0.25) is 0 Å². The molecule has 1 amide bonds. The average Bonchev–Trinajstić information content (AvgIpc) is 2.92. The second-order valence-electron chi connectivity index (χ2n) is 5.02. The molecule has 0 radical (unpaired) electrons. The summed E-state index contributed by atoms with van der Waals surface area (Å²) in [5.41, 5.74) is 0. The lowest BCUT2D eigenvalue weighted by Crippen LogP contribution is -2.36. The molecule has 5 heteroatoms. The monoisotopic (exact) mass is 281 g/mol. The number of thiophene rings is 1. The second kappa shape index (κ2) is 6.70. The first-order chi connectivity index (χ1) is 9.16. The second-order valence-corrected chi connectivity index (χ2v) is 6.05. The van der Waals surface area contributed by atoms with Gasteiger partial charge in [-0.1, -0.05) is 12.5 Å².